The van der Waals surface area contributed by atoms with Gasteiger partial charge in [0.25, 0.3) is 0 Å². The van der Waals surface area contributed by atoms with Gasteiger partial charge in [-0.1, -0.05) is 0 Å². The molecule has 0 spiro atoms. The van der Waals surface area contributed by atoms with Crippen LogP contribution in [0.1, 0.15) is 26.2 Å². The number of amides is 1. The second-order valence-corrected chi connectivity index (χ2v) is 11.7. The Kier molecular flexibility index (Phi) is 13.5. The van der Waals surface area contributed by atoms with Crippen LogP contribution >= 0.6 is 0 Å². The Balaban J connectivity index is 1.76. The molecule has 1 aliphatic carbocycles. The summed E-state index contributed by atoms with van der Waals surface area (Å²) in [6.45, 7) is 1.87. The Labute approximate surface area is 251 Å². The predicted molar refractivity (Wildman–Crippen MR) is 153 cm³/mol. The third kappa shape index (κ3) is 9.24. The Hall–Kier alpha value is -1.55. The predicted octanol–water partition coefficient (Wildman–Crippen LogP) is -6.03. The van der Waals surface area contributed by atoms with Gasteiger partial charge in [0.2, 0.25) is 12.2 Å². The van der Waals surface area contributed by atoms with Gasteiger partial charge in [-0.25, -0.2) is 0 Å². The molecule has 1 saturated carbocycles. The highest BCUT2D eigenvalue weighted by molar-refractivity contribution is 5.80. The molecule has 2 heterocycles. The van der Waals surface area contributed by atoms with E-state index in [0.717, 1.165) is 0 Å². The second-order valence-electron chi connectivity index (χ2n) is 11.7. The van der Waals surface area contributed by atoms with Crippen molar-refractivity contribution >= 4 is 5.91 Å². The van der Waals surface area contributed by atoms with Crippen LogP contribution in [0.15, 0.2) is 11.8 Å². The molecule has 3 aliphatic rings. The number of ether oxygens (including phenoxy) is 4. The molecular weight excluding hydrogens is 570 g/mol. The number of nitrogens with two attached hydrogens (primary N) is 4. The number of hydrogen-bond donors (Lipinski definition) is 12. The molecule has 0 aromatic rings. The Bertz CT molecular complexity index is 918. The van der Waals surface area contributed by atoms with Gasteiger partial charge >= 0.3 is 0 Å². The lowest BCUT2D eigenvalue weighted by Crippen LogP contribution is -2.69. The number of aliphatic hydroxyl groups excluding tert-OH is 4. The zero-order valence-electron chi connectivity index (χ0n) is 24.7. The van der Waals surface area contributed by atoms with Crippen molar-refractivity contribution in [2.75, 3.05) is 39.9 Å². The normalized spacial score (nSPS) is 39.8. The van der Waals surface area contributed by atoms with Crippen LogP contribution in [0.4, 0.5) is 0 Å². The Morgan fingerprint density at radius 1 is 1.19 bits per heavy atom. The van der Waals surface area contributed by atoms with Crippen LogP contribution in [0.3, 0.4) is 0 Å². The van der Waals surface area contributed by atoms with Crippen LogP contribution in [-0.2, 0) is 23.7 Å². The van der Waals surface area contributed by atoms with Crippen molar-refractivity contribution in [1.82, 2.24) is 16.0 Å². The summed E-state index contributed by atoms with van der Waals surface area (Å²) in [7, 11) is 1.57. The van der Waals surface area contributed by atoms with Crippen LogP contribution in [-0.4, -0.2) is 150 Å². The summed E-state index contributed by atoms with van der Waals surface area (Å²) in [5.41, 5.74) is 22.5. The van der Waals surface area contributed by atoms with E-state index in [1.165, 1.54) is 6.92 Å². The minimum Gasteiger partial charge on any atom is -0.467 e. The van der Waals surface area contributed by atoms with Gasteiger partial charge in [0, 0.05) is 18.6 Å². The minimum absolute atomic E-state index is 0.0152. The smallest absolute Gasteiger partial charge is 0.249 e. The molecule has 17 heteroatoms. The van der Waals surface area contributed by atoms with Gasteiger partial charge in [0.1, 0.15) is 41.9 Å². The molecule has 1 unspecified atom stereocenters. The maximum Gasteiger partial charge on any atom is 0.249 e. The number of likely N-dealkylation sites (N-methyl/N-ethyl adjacent to an activating group) is 1. The molecule has 17 nitrogen and oxygen atoms in total. The van der Waals surface area contributed by atoms with Crippen molar-refractivity contribution in [3.8, 4) is 0 Å². The monoisotopic (exact) mass is 621 g/mol. The first kappa shape index (κ1) is 35.9. The average Bonchev–Trinajstić information content (AvgIpc) is 2.95. The van der Waals surface area contributed by atoms with Gasteiger partial charge in [0.15, 0.2) is 6.29 Å². The van der Waals surface area contributed by atoms with Gasteiger partial charge in [-0.2, -0.15) is 0 Å². The molecule has 2 fully saturated rings. The number of carbonyl (C=O) groups is 1. The topological polar surface area (TPSA) is 295 Å². The molecule has 3 rings (SSSR count). The fourth-order valence-electron chi connectivity index (χ4n) is 5.53. The molecular formula is C26H51N7O10. The Morgan fingerprint density at radius 2 is 1.88 bits per heavy atom. The van der Waals surface area contributed by atoms with Crippen LogP contribution in [0.2, 0.25) is 0 Å². The third-order valence-electron chi connectivity index (χ3n) is 7.99. The molecule has 2 aliphatic heterocycles. The first-order valence-electron chi connectivity index (χ1n) is 14.6. The van der Waals surface area contributed by atoms with E-state index >= 15 is 0 Å². The molecule has 1 saturated heterocycles. The van der Waals surface area contributed by atoms with E-state index in [9.17, 15) is 25.2 Å². The zero-order valence-corrected chi connectivity index (χ0v) is 24.7. The molecule has 1 amide bonds. The van der Waals surface area contributed by atoms with Crippen molar-refractivity contribution in [3.63, 3.8) is 0 Å². The summed E-state index contributed by atoms with van der Waals surface area (Å²) < 4.78 is 23.8. The number of rotatable bonds is 14. The highest BCUT2D eigenvalue weighted by Crippen LogP contribution is 2.32. The van der Waals surface area contributed by atoms with E-state index in [1.807, 2.05) is 0 Å². The van der Waals surface area contributed by atoms with Gasteiger partial charge in [-0.05, 0) is 45.9 Å². The van der Waals surface area contributed by atoms with Crippen molar-refractivity contribution in [1.29, 1.82) is 0 Å². The van der Waals surface area contributed by atoms with Gasteiger partial charge in [0.05, 0.1) is 37.9 Å². The lowest BCUT2D eigenvalue weighted by Gasteiger charge is -2.48. The highest BCUT2D eigenvalue weighted by atomic mass is 16.7. The molecule has 250 valence electrons. The maximum atomic E-state index is 12.7. The molecule has 13 atom stereocenters. The molecule has 0 aromatic carbocycles. The summed E-state index contributed by atoms with van der Waals surface area (Å²) in [4.78, 5) is 12.7. The summed E-state index contributed by atoms with van der Waals surface area (Å²) in [5, 5.41) is 61.0. The van der Waals surface area contributed by atoms with Crippen LogP contribution in [0.25, 0.3) is 0 Å². The fraction of sp³-hybridized carbons (Fsp3) is 0.885. The number of carbonyl (C=O) groups excluding carboxylic acids is 1. The fourth-order valence-corrected chi connectivity index (χ4v) is 5.53. The van der Waals surface area contributed by atoms with E-state index in [-0.39, 0.29) is 32.6 Å². The summed E-state index contributed by atoms with van der Waals surface area (Å²) >= 11 is 0. The first-order chi connectivity index (χ1) is 20.3. The summed E-state index contributed by atoms with van der Waals surface area (Å²) in [5.74, 6) is -0.198. The van der Waals surface area contributed by atoms with Crippen molar-refractivity contribution in [2.24, 2.45) is 22.9 Å². The second kappa shape index (κ2) is 16.1. The van der Waals surface area contributed by atoms with Crippen molar-refractivity contribution < 1.29 is 49.3 Å². The molecule has 0 radical (unpaired) electrons. The van der Waals surface area contributed by atoms with E-state index in [4.69, 9.17) is 47.0 Å². The van der Waals surface area contributed by atoms with Crippen molar-refractivity contribution in [3.05, 3.63) is 11.8 Å². The van der Waals surface area contributed by atoms with Gasteiger partial charge < -0.3 is 83.4 Å². The first-order valence-corrected chi connectivity index (χ1v) is 14.6. The SMILES string of the molecule is CN[C@@H]1[C@@H](O)[C@@H](O[C@@H]2[C@@H](O)[C@H](O[C@H]3OC(CNCC(N)CO)=CC[C@H]3N)[C@@H](N)C[C@H]2NC(=O)[C@@H](O)CCN)OC[C@]1(C)O. The van der Waals surface area contributed by atoms with E-state index < -0.39 is 84.8 Å². The third-order valence-corrected chi connectivity index (χ3v) is 7.99. The molecule has 0 bridgehead atoms. The van der Waals surface area contributed by atoms with Crippen LogP contribution in [0, 0.1) is 0 Å². The largest absolute Gasteiger partial charge is 0.467 e. The van der Waals surface area contributed by atoms with Gasteiger partial charge in [-0.15, -0.1) is 0 Å². The minimum atomic E-state index is -1.47. The standard InChI is InChI=1S/C26H51N7O10/c1-26(39)11-40-25(19(37)22(26)31-2)43-21-16(33-23(38)17(35)5-6-27)7-15(30)20(18(21)36)42-24-14(29)4-3-13(41-24)9-32-8-12(28)10-34/h3,12,14-22,24-25,31-32,34-37,39H,4-11,27-30H2,1-2H3,(H,33,38)/t12?,14-,15+,16-,17+,18+,19-,20-,21+,22-,24-,25-,26+/m1/s1. The average molecular weight is 622 g/mol. The number of aliphatic hydroxyl groups is 5. The van der Waals surface area contributed by atoms with E-state index in [1.54, 1.807) is 13.1 Å². The van der Waals surface area contributed by atoms with Crippen LogP contribution < -0.4 is 38.9 Å². The maximum absolute atomic E-state index is 12.7. The molecule has 0 aromatic heterocycles. The van der Waals surface area contributed by atoms with Gasteiger partial charge in [-0.3, -0.25) is 4.79 Å². The van der Waals surface area contributed by atoms with Crippen molar-refractivity contribution in [2.45, 2.75) is 105 Å². The van der Waals surface area contributed by atoms with E-state index in [2.05, 4.69) is 16.0 Å². The quantitative estimate of drug-likeness (QED) is 0.0859. The van der Waals surface area contributed by atoms with Crippen LogP contribution in [0.5, 0.6) is 0 Å². The zero-order chi connectivity index (χ0) is 31.9. The number of hydrogen-bond acceptors (Lipinski definition) is 16. The lowest BCUT2D eigenvalue weighted by atomic mass is 9.83. The Morgan fingerprint density at radius 3 is 2.53 bits per heavy atom. The lowest BCUT2D eigenvalue weighted by molar-refractivity contribution is -0.304. The summed E-state index contributed by atoms with van der Waals surface area (Å²) in [6, 6.07) is -3.61. The molecule has 16 N–H and O–H groups in total. The molecule has 43 heavy (non-hydrogen) atoms. The number of nitrogens with one attached hydrogen (secondary N) is 3. The highest BCUT2D eigenvalue weighted by Gasteiger charge is 2.51. The summed E-state index contributed by atoms with van der Waals surface area (Å²) in [6.07, 6.45) is -6.55. The van der Waals surface area contributed by atoms with E-state index in [0.29, 0.717) is 25.3 Å².